The summed E-state index contributed by atoms with van der Waals surface area (Å²) in [6, 6.07) is 19.5. The van der Waals surface area contributed by atoms with E-state index in [1.807, 2.05) is 67.6 Å². The van der Waals surface area contributed by atoms with E-state index in [9.17, 15) is 4.79 Å². The zero-order valence-corrected chi connectivity index (χ0v) is 14.4. The van der Waals surface area contributed by atoms with Crippen molar-refractivity contribution in [1.29, 1.82) is 0 Å². The second-order valence-corrected chi connectivity index (χ2v) is 5.99. The summed E-state index contributed by atoms with van der Waals surface area (Å²) in [6.45, 7) is 4.77. The van der Waals surface area contributed by atoms with Crippen molar-refractivity contribution >= 4 is 11.6 Å². The molecule has 1 heterocycles. The lowest BCUT2D eigenvalue weighted by Crippen LogP contribution is -2.48. The van der Waals surface area contributed by atoms with E-state index in [-0.39, 0.29) is 11.9 Å². The Bertz CT molecular complexity index is 669. The summed E-state index contributed by atoms with van der Waals surface area (Å²) in [7, 11) is 0. The summed E-state index contributed by atoms with van der Waals surface area (Å²) in [5, 5.41) is 4.44. The fourth-order valence-corrected chi connectivity index (χ4v) is 2.82. The number of amides is 1. The highest BCUT2D eigenvalue weighted by Crippen LogP contribution is 2.11. The number of benzene rings is 2. The third-order valence-electron chi connectivity index (χ3n) is 4.35. The van der Waals surface area contributed by atoms with Crippen LogP contribution in [0.3, 0.4) is 0 Å². The van der Waals surface area contributed by atoms with Crippen molar-refractivity contribution in [3.63, 3.8) is 0 Å². The monoisotopic (exact) mass is 337 g/mol. The van der Waals surface area contributed by atoms with Crippen molar-refractivity contribution in [2.75, 3.05) is 26.3 Å². The minimum Gasteiger partial charge on any atom is -0.379 e. The quantitative estimate of drug-likeness (QED) is 0.673. The van der Waals surface area contributed by atoms with Crippen LogP contribution in [0.4, 0.5) is 0 Å². The molecule has 1 saturated heterocycles. The minimum absolute atomic E-state index is 0.105. The lowest BCUT2D eigenvalue weighted by molar-refractivity contribution is -0.127. The van der Waals surface area contributed by atoms with Gasteiger partial charge in [-0.3, -0.25) is 9.69 Å². The molecule has 2 aromatic rings. The first kappa shape index (κ1) is 17.3. The minimum atomic E-state index is -0.236. The average molecular weight is 337 g/mol. The Morgan fingerprint density at radius 3 is 2.04 bits per heavy atom. The number of hydrazone groups is 1. The van der Waals surface area contributed by atoms with Gasteiger partial charge in [-0.1, -0.05) is 60.7 Å². The van der Waals surface area contributed by atoms with Gasteiger partial charge in [0.1, 0.15) is 0 Å². The number of rotatable bonds is 5. The predicted molar refractivity (Wildman–Crippen MR) is 98.5 cm³/mol. The van der Waals surface area contributed by atoms with E-state index in [2.05, 4.69) is 15.4 Å². The molecule has 0 radical (unpaired) electrons. The number of ether oxygens (including phenoxy) is 1. The van der Waals surface area contributed by atoms with E-state index >= 15 is 0 Å². The van der Waals surface area contributed by atoms with Gasteiger partial charge in [0.15, 0.2) is 0 Å². The molecule has 0 bridgehead atoms. The number of morpholine rings is 1. The maximum atomic E-state index is 12.5. The summed E-state index contributed by atoms with van der Waals surface area (Å²) < 4.78 is 5.34. The van der Waals surface area contributed by atoms with E-state index < -0.39 is 0 Å². The molecule has 130 valence electrons. The normalized spacial score (nSPS) is 16.0. The summed E-state index contributed by atoms with van der Waals surface area (Å²) >= 11 is 0. The number of carbonyl (C=O) groups is 1. The maximum Gasteiger partial charge on any atom is 0.257 e. The van der Waals surface area contributed by atoms with Gasteiger partial charge < -0.3 is 4.74 Å². The van der Waals surface area contributed by atoms with Crippen molar-refractivity contribution in [1.82, 2.24) is 10.3 Å². The third kappa shape index (κ3) is 4.53. The Balaban J connectivity index is 1.78. The number of hydrogen-bond donors (Lipinski definition) is 1. The molecule has 0 aliphatic carbocycles. The van der Waals surface area contributed by atoms with Gasteiger partial charge in [0.25, 0.3) is 5.91 Å². The van der Waals surface area contributed by atoms with Crippen LogP contribution in [0.5, 0.6) is 0 Å². The first-order valence-electron chi connectivity index (χ1n) is 8.56. The van der Waals surface area contributed by atoms with Gasteiger partial charge in [-0.25, -0.2) is 5.43 Å². The Labute approximate surface area is 148 Å². The van der Waals surface area contributed by atoms with Crippen LogP contribution in [0.25, 0.3) is 0 Å². The lowest BCUT2D eigenvalue weighted by atomic mass is 10.0. The summed E-state index contributed by atoms with van der Waals surface area (Å²) in [6.07, 6.45) is 0. The van der Waals surface area contributed by atoms with Crippen LogP contribution in [-0.2, 0) is 9.53 Å². The summed E-state index contributed by atoms with van der Waals surface area (Å²) in [4.78, 5) is 14.6. The molecule has 0 unspecified atom stereocenters. The highest BCUT2D eigenvalue weighted by Gasteiger charge is 2.23. The number of nitrogens with one attached hydrogen (secondary N) is 1. The molecular formula is C20H23N3O2. The van der Waals surface area contributed by atoms with Crippen molar-refractivity contribution in [3.05, 3.63) is 71.8 Å². The summed E-state index contributed by atoms with van der Waals surface area (Å²) in [5.41, 5.74) is 5.43. The van der Waals surface area contributed by atoms with E-state index in [1.54, 1.807) is 0 Å². The van der Waals surface area contributed by atoms with Crippen molar-refractivity contribution < 1.29 is 9.53 Å². The molecule has 2 aromatic carbocycles. The Morgan fingerprint density at radius 1 is 1.00 bits per heavy atom. The van der Waals surface area contributed by atoms with Gasteiger partial charge in [-0.15, -0.1) is 0 Å². The average Bonchev–Trinajstić information content (AvgIpc) is 2.70. The van der Waals surface area contributed by atoms with Gasteiger partial charge in [-0.2, -0.15) is 5.10 Å². The largest absolute Gasteiger partial charge is 0.379 e. The number of nitrogens with zero attached hydrogens (tertiary/aromatic N) is 2. The van der Waals surface area contributed by atoms with Crippen LogP contribution < -0.4 is 5.43 Å². The van der Waals surface area contributed by atoms with Gasteiger partial charge in [0.05, 0.1) is 25.0 Å². The molecule has 5 nitrogen and oxygen atoms in total. The van der Waals surface area contributed by atoms with Crippen molar-refractivity contribution in [2.45, 2.75) is 13.0 Å². The molecule has 3 rings (SSSR count). The van der Waals surface area contributed by atoms with Crippen LogP contribution in [0.1, 0.15) is 18.1 Å². The van der Waals surface area contributed by atoms with E-state index in [0.717, 1.165) is 29.9 Å². The lowest BCUT2D eigenvalue weighted by Gasteiger charge is -2.30. The summed E-state index contributed by atoms with van der Waals surface area (Å²) in [5.74, 6) is -0.105. The Hall–Kier alpha value is -2.50. The predicted octanol–water partition coefficient (Wildman–Crippen LogP) is 2.28. The second-order valence-electron chi connectivity index (χ2n) is 5.99. The standard InChI is InChI=1S/C20H23N3O2/c1-16(23-12-14-25-15-13-23)20(24)22-21-19(17-8-4-2-5-9-17)18-10-6-3-7-11-18/h2-11,16H,12-15H2,1H3,(H,22,24)/t16-/m0/s1. The SMILES string of the molecule is C[C@@H](C(=O)NN=C(c1ccccc1)c1ccccc1)N1CCOCC1. The van der Waals surface area contributed by atoms with Gasteiger partial charge >= 0.3 is 0 Å². The maximum absolute atomic E-state index is 12.5. The number of hydrogen-bond acceptors (Lipinski definition) is 4. The Kier molecular flexibility index (Phi) is 5.93. The highest BCUT2D eigenvalue weighted by atomic mass is 16.5. The van der Waals surface area contributed by atoms with Crippen molar-refractivity contribution in [2.24, 2.45) is 5.10 Å². The van der Waals surface area contributed by atoms with E-state index in [4.69, 9.17) is 4.74 Å². The van der Waals surface area contributed by atoms with Crippen LogP contribution >= 0.6 is 0 Å². The molecule has 0 aromatic heterocycles. The van der Waals surface area contributed by atoms with Gasteiger partial charge in [-0.05, 0) is 6.92 Å². The van der Waals surface area contributed by atoms with Crippen LogP contribution in [0.2, 0.25) is 0 Å². The molecule has 1 aliphatic rings. The van der Waals surface area contributed by atoms with E-state index in [1.165, 1.54) is 0 Å². The first-order valence-corrected chi connectivity index (χ1v) is 8.56. The smallest absolute Gasteiger partial charge is 0.257 e. The van der Waals surface area contributed by atoms with E-state index in [0.29, 0.717) is 13.2 Å². The molecular weight excluding hydrogens is 314 g/mol. The number of carbonyl (C=O) groups excluding carboxylic acids is 1. The molecule has 0 saturated carbocycles. The second kappa shape index (κ2) is 8.55. The molecule has 1 fully saturated rings. The molecule has 1 aliphatic heterocycles. The van der Waals surface area contributed by atoms with Crippen LogP contribution in [0.15, 0.2) is 65.8 Å². The third-order valence-corrected chi connectivity index (χ3v) is 4.35. The topological polar surface area (TPSA) is 53.9 Å². The fraction of sp³-hybridized carbons (Fsp3) is 0.300. The van der Waals surface area contributed by atoms with Gasteiger partial charge in [0.2, 0.25) is 0 Å². The Morgan fingerprint density at radius 2 is 1.52 bits per heavy atom. The molecule has 5 heteroatoms. The molecule has 25 heavy (non-hydrogen) atoms. The zero-order valence-electron chi connectivity index (χ0n) is 14.4. The molecule has 0 spiro atoms. The molecule has 1 amide bonds. The fourth-order valence-electron chi connectivity index (χ4n) is 2.82. The van der Waals surface area contributed by atoms with Crippen LogP contribution in [0, 0.1) is 0 Å². The highest BCUT2D eigenvalue weighted by molar-refractivity contribution is 6.13. The van der Waals surface area contributed by atoms with Crippen LogP contribution in [-0.4, -0.2) is 48.9 Å². The molecule has 1 atom stereocenters. The van der Waals surface area contributed by atoms with Gasteiger partial charge in [0, 0.05) is 24.2 Å². The molecule has 1 N–H and O–H groups in total. The van der Waals surface area contributed by atoms with Crippen molar-refractivity contribution in [3.8, 4) is 0 Å². The first-order chi connectivity index (χ1) is 12.3. The zero-order chi connectivity index (χ0) is 17.5.